The van der Waals surface area contributed by atoms with E-state index < -0.39 is 23.6 Å². The third kappa shape index (κ3) is 5.45. The highest BCUT2D eigenvalue weighted by Crippen LogP contribution is 2.42. The van der Waals surface area contributed by atoms with Crippen molar-refractivity contribution in [1.29, 1.82) is 0 Å². The van der Waals surface area contributed by atoms with Gasteiger partial charge in [-0.3, -0.25) is 4.90 Å². The van der Waals surface area contributed by atoms with E-state index in [9.17, 15) is 17.6 Å². The number of ether oxygens (including phenoxy) is 1. The number of hydrogen-bond acceptors (Lipinski definition) is 3. The second kappa shape index (κ2) is 10.1. The van der Waals surface area contributed by atoms with Gasteiger partial charge >= 0.3 is 6.18 Å². The third-order valence-corrected chi connectivity index (χ3v) is 4.90. The van der Waals surface area contributed by atoms with Crippen LogP contribution in [0.4, 0.5) is 17.6 Å². The summed E-state index contributed by atoms with van der Waals surface area (Å²) in [6.07, 6.45) is -3.09. The second-order valence-corrected chi connectivity index (χ2v) is 6.41. The molecule has 0 bridgehead atoms. The van der Waals surface area contributed by atoms with E-state index in [4.69, 9.17) is 4.74 Å². The molecule has 3 rings (SSSR count). The molecule has 2 heterocycles. The van der Waals surface area contributed by atoms with Crippen molar-refractivity contribution < 1.29 is 22.3 Å². The number of nitrogens with zero attached hydrogens (tertiary/aromatic N) is 1. The molecular weight excluding hydrogens is 395 g/mol. The lowest BCUT2D eigenvalue weighted by molar-refractivity contribution is -0.139. The molecule has 0 spiro atoms. The van der Waals surface area contributed by atoms with E-state index in [-0.39, 0.29) is 36.3 Å². The van der Waals surface area contributed by atoms with Gasteiger partial charge in [-0.1, -0.05) is 0 Å². The number of halogens is 6. The monoisotopic (exact) mass is 418 g/mol. The molecule has 0 radical (unpaired) electrons. The first-order valence-electron chi connectivity index (χ1n) is 8.36. The zero-order chi connectivity index (χ0) is 17.2. The third-order valence-electron chi connectivity index (χ3n) is 4.90. The van der Waals surface area contributed by atoms with Crippen LogP contribution in [0.15, 0.2) is 18.2 Å². The fourth-order valence-corrected chi connectivity index (χ4v) is 3.78. The molecule has 1 aromatic rings. The predicted molar refractivity (Wildman–Crippen MR) is 96.6 cm³/mol. The Morgan fingerprint density at radius 1 is 1.08 bits per heavy atom. The maximum Gasteiger partial charge on any atom is 0.416 e. The Balaban J connectivity index is 0.00000169. The van der Waals surface area contributed by atoms with Crippen LogP contribution in [0, 0.1) is 11.7 Å². The summed E-state index contributed by atoms with van der Waals surface area (Å²) in [6.45, 7) is 3.88. The van der Waals surface area contributed by atoms with Gasteiger partial charge in [0.05, 0.1) is 5.56 Å². The minimum Gasteiger partial charge on any atom is -0.381 e. The van der Waals surface area contributed by atoms with Gasteiger partial charge in [-0.2, -0.15) is 13.2 Å². The van der Waals surface area contributed by atoms with E-state index in [0.717, 1.165) is 31.3 Å². The van der Waals surface area contributed by atoms with Crippen molar-refractivity contribution in [2.24, 2.45) is 5.92 Å². The van der Waals surface area contributed by atoms with Crippen molar-refractivity contribution in [2.75, 3.05) is 39.4 Å². The number of nitrogens with one attached hydrogen (secondary N) is 1. The van der Waals surface area contributed by atoms with E-state index in [2.05, 4.69) is 10.2 Å². The SMILES string of the molecule is Cl.Cl.Fc1ccc(C(F)(F)F)c([C@@H](C2CCOCC2)N2CCNCC2)c1. The Bertz CT molecular complexity index is 544. The summed E-state index contributed by atoms with van der Waals surface area (Å²) in [7, 11) is 0. The first kappa shape index (κ1) is 23.4. The lowest BCUT2D eigenvalue weighted by Gasteiger charge is -2.42. The fourth-order valence-electron chi connectivity index (χ4n) is 3.78. The molecule has 2 saturated heterocycles. The van der Waals surface area contributed by atoms with Crippen LogP contribution in [0.1, 0.15) is 30.0 Å². The topological polar surface area (TPSA) is 24.5 Å². The van der Waals surface area contributed by atoms with E-state index in [1.165, 1.54) is 0 Å². The summed E-state index contributed by atoms with van der Waals surface area (Å²) in [6, 6.07) is 2.42. The Hall–Kier alpha value is -0.600. The minimum absolute atomic E-state index is 0. The van der Waals surface area contributed by atoms with Gasteiger partial charge in [-0.15, -0.1) is 24.8 Å². The molecule has 1 N–H and O–H groups in total. The van der Waals surface area contributed by atoms with E-state index >= 15 is 0 Å². The maximum atomic E-state index is 13.8. The quantitative estimate of drug-likeness (QED) is 0.748. The van der Waals surface area contributed by atoms with Crippen LogP contribution in [0.5, 0.6) is 0 Å². The van der Waals surface area contributed by atoms with Crippen molar-refractivity contribution >= 4 is 24.8 Å². The molecule has 26 heavy (non-hydrogen) atoms. The molecule has 150 valence electrons. The number of piperazine rings is 1. The Labute approximate surface area is 163 Å². The Morgan fingerprint density at radius 3 is 2.27 bits per heavy atom. The second-order valence-electron chi connectivity index (χ2n) is 6.41. The summed E-state index contributed by atoms with van der Waals surface area (Å²) in [4.78, 5) is 2.07. The average molecular weight is 419 g/mol. The standard InChI is InChI=1S/C17H22F4N2O.2ClH/c18-13-1-2-15(17(19,20)21)14(11-13)16(12-3-9-24-10-4-12)23-7-5-22-6-8-23;;/h1-2,11-12,16,22H,3-10H2;2*1H/t16-;;/m1../s1. The molecule has 1 atom stereocenters. The van der Waals surface area contributed by atoms with Crippen molar-refractivity contribution in [3.8, 4) is 0 Å². The van der Waals surface area contributed by atoms with Crippen molar-refractivity contribution in [3.63, 3.8) is 0 Å². The molecule has 0 unspecified atom stereocenters. The van der Waals surface area contributed by atoms with Crippen LogP contribution in [0.2, 0.25) is 0 Å². The van der Waals surface area contributed by atoms with E-state index in [1.807, 2.05) is 0 Å². The van der Waals surface area contributed by atoms with E-state index in [0.29, 0.717) is 39.1 Å². The van der Waals surface area contributed by atoms with Crippen molar-refractivity contribution in [1.82, 2.24) is 10.2 Å². The number of benzene rings is 1. The van der Waals surface area contributed by atoms with Gasteiger partial charge in [0.15, 0.2) is 0 Å². The lowest BCUT2D eigenvalue weighted by atomic mass is 9.83. The van der Waals surface area contributed by atoms with Gasteiger partial charge in [-0.05, 0) is 42.5 Å². The average Bonchev–Trinajstić information content (AvgIpc) is 2.56. The van der Waals surface area contributed by atoms with Gasteiger partial charge in [0.1, 0.15) is 5.82 Å². The van der Waals surface area contributed by atoms with Crippen LogP contribution in [0.25, 0.3) is 0 Å². The highest BCUT2D eigenvalue weighted by Gasteiger charge is 2.40. The van der Waals surface area contributed by atoms with Crippen LogP contribution in [-0.4, -0.2) is 44.3 Å². The normalized spacial score (nSPS) is 20.8. The first-order valence-corrected chi connectivity index (χ1v) is 8.36. The fraction of sp³-hybridized carbons (Fsp3) is 0.647. The number of hydrogen-bond donors (Lipinski definition) is 1. The molecule has 0 amide bonds. The van der Waals surface area contributed by atoms with Crippen LogP contribution in [-0.2, 0) is 10.9 Å². The lowest BCUT2D eigenvalue weighted by Crippen LogP contribution is -2.48. The van der Waals surface area contributed by atoms with Gasteiger partial charge in [0, 0.05) is 45.4 Å². The van der Waals surface area contributed by atoms with E-state index in [1.54, 1.807) is 0 Å². The maximum absolute atomic E-state index is 13.8. The minimum atomic E-state index is -4.49. The zero-order valence-corrected chi connectivity index (χ0v) is 15.9. The predicted octanol–water partition coefficient (Wildman–Crippen LogP) is 4.06. The van der Waals surface area contributed by atoms with Crippen LogP contribution >= 0.6 is 24.8 Å². The molecule has 2 fully saturated rings. The molecule has 2 aliphatic heterocycles. The largest absolute Gasteiger partial charge is 0.416 e. The van der Waals surface area contributed by atoms with Gasteiger partial charge in [0.25, 0.3) is 0 Å². The Morgan fingerprint density at radius 2 is 1.69 bits per heavy atom. The summed E-state index contributed by atoms with van der Waals surface area (Å²) < 4.78 is 59.7. The molecule has 0 aromatic heterocycles. The highest BCUT2D eigenvalue weighted by atomic mass is 35.5. The molecule has 0 saturated carbocycles. The molecule has 1 aromatic carbocycles. The first-order chi connectivity index (χ1) is 11.5. The summed E-state index contributed by atoms with van der Waals surface area (Å²) in [5, 5.41) is 3.22. The molecule has 0 aliphatic carbocycles. The molecule has 3 nitrogen and oxygen atoms in total. The summed E-state index contributed by atoms with van der Waals surface area (Å²) in [5.41, 5.74) is -0.657. The van der Waals surface area contributed by atoms with Crippen molar-refractivity contribution in [3.05, 3.63) is 35.1 Å². The van der Waals surface area contributed by atoms with Crippen LogP contribution in [0.3, 0.4) is 0 Å². The van der Waals surface area contributed by atoms with Crippen LogP contribution < -0.4 is 5.32 Å². The highest BCUT2D eigenvalue weighted by molar-refractivity contribution is 5.85. The molecular formula is C17H24Cl2F4N2O. The molecule has 2 aliphatic rings. The smallest absolute Gasteiger partial charge is 0.381 e. The van der Waals surface area contributed by atoms with Crippen molar-refractivity contribution in [2.45, 2.75) is 25.1 Å². The Kier molecular flexibility index (Phi) is 9.09. The number of alkyl halides is 3. The number of rotatable bonds is 3. The zero-order valence-electron chi connectivity index (χ0n) is 14.2. The van der Waals surface area contributed by atoms with Gasteiger partial charge in [-0.25, -0.2) is 4.39 Å². The van der Waals surface area contributed by atoms with Gasteiger partial charge < -0.3 is 10.1 Å². The molecule has 9 heteroatoms. The summed E-state index contributed by atoms with van der Waals surface area (Å²) >= 11 is 0. The van der Waals surface area contributed by atoms with Gasteiger partial charge in [0.2, 0.25) is 0 Å². The summed E-state index contributed by atoms with van der Waals surface area (Å²) in [5.74, 6) is -0.579.